The van der Waals surface area contributed by atoms with Gasteiger partial charge in [0.15, 0.2) is 6.23 Å². The highest BCUT2D eigenvalue weighted by Gasteiger charge is 2.45. The predicted octanol–water partition coefficient (Wildman–Crippen LogP) is -6.05. The SMILES string of the molecule is CC(=O)N[C@@H]1[C@@H](O)[C@H](O)[C@@H](CO)O[C@H]1NC(=O)C[C@H](NC(C)=O)C(=O)N[C@@H](C)C(=O)N[C@@H](C)C(=O)N[C@@H](Cc1ccc(O)cc1)C(=O)N[C@@H](CO)C(=O)O. The number of carboxylic acid groups (broad SMARTS) is 1. The van der Waals surface area contributed by atoms with Crippen LogP contribution >= 0.6 is 0 Å². The van der Waals surface area contributed by atoms with Gasteiger partial charge in [0.2, 0.25) is 41.4 Å². The molecule has 0 radical (unpaired) electrons. The van der Waals surface area contributed by atoms with Gasteiger partial charge in [-0.05, 0) is 31.5 Å². The Bertz CT molecular complexity index is 1530. The molecule has 1 aromatic carbocycles. The zero-order valence-corrected chi connectivity index (χ0v) is 29.8. The van der Waals surface area contributed by atoms with Crippen LogP contribution in [0.2, 0.25) is 0 Å². The minimum absolute atomic E-state index is 0.0794. The summed E-state index contributed by atoms with van der Waals surface area (Å²) in [5.41, 5.74) is 0.448. The Balaban J connectivity index is 2.09. The molecule has 0 spiro atoms. The Hall–Kier alpha value is -5.42. The Morgan fingerprint density at radius 1 is 0.704 bits per heavy atom. The summed E-state index contributed by atoms with van der Waals surface area (Å²) in [5.74, 6) is -7.79. The summed E-state index contributed by atoms with van der Waals surface area (Å²) in [6.07, 6.45) is -7.10. The molecule has 0 saturated carbocycles. The van der Waals surface area contributed by atoms with E-state index in [1.807, 2.05) is 0 Å². The average Bonchev–Trinajstić information content (AvgIpc) is 3.09. The summed E-state index contributed by atoms with van der Waals surface area (Å²) < 4.78 is 5.44. The van der Waals surface area contributed by atoms with Crippen molar-refractivity contribution in [3.63, 3.8) is 0 Å². The van der Waals surface area contributed by atoms with Gasteiger partial charge in [0, 0.05) is 20.3 Å². The molecule has 1 saturated heterocycles. The fourth-order valence-corrected chi connectivity index (χ4v) is 5.11. The van der Waals surface area contributed by atoms with E-state index in [0.29, 0.717) is 5.56 Å². The van der Waals surface area contributed by atoms with Crippen LogP contribution < -0.4 is 37.2 Å². The molecule has 10 atom stereocenters. The number of aliphatic carboxylic acids is 1. The van der Waals surface area contributed by atoms with Gasteiger partial charge in [0.25, 0.3) is 0 Å². The lowest BCUT2D eigenvalue weighted by Gasteiger charge is -2.42. The van der Waals surface area contributed by atoms with Gasteiger partial charge in [-0.1, -0.05) is 12.1 Å². The van der Waals surface area contributed by atoms with Gasteiger partial charge in [-0.15, -0.1) is 0 Å². The molecule has 0 aliphatic carbocycles. The fraction of sp³-hybridized carbons (Fsp3) is 0.562. The highest BCUT2D eigenvalue weighted by Crippen LogP contribution is 2.20. The topological polar surface area (TPSA) is 351 Å². The summed E-state index contributed by atoms with van der Waals surface area (Å²) in [5, 5.41) is 74.3. The predicted molar refractivity (Wildman–Crippen MR) is 181 cm³/mol. The van der Waals surface area contributed by atoms with Crippen LogP contribution in [0.15, 0.2) is 24.3 Å². The molecular weight excluding hydrogens is 722 g/mol. The number of phenolic OH excluding ortho intramolecular Hbond substituents is 1. The second-order valence-electron chi connectivity index (χ2n) is 12.5. The number of aromatic hydroxyl groups is 1. The number of amides is 7. The largest absolute Gasteiger partial charge is 0.508 e. The van der Waals surface area contributed by atoms with Crippen molar-refractivity contribution in [2.45, 2.75) is 101 Å². The van der Waals surface area contributed by atoms with Gasteiger partial charge in [-0.3, -0.25) is 33.6 Å². The van der Waals surface area contributed by atoms with E-state index in [1.54, 1.807) is 0 Å². The Labute approximate surface area is 308 Å². The van der Waals surface area contributed by atoms with E-state index in [0.717, 1.165) is 13.8 Å². The van der Waals surface area contributed by atoms with Crippen LogP contribution in [0.4, 0.5) is 0 Å². The Morgan fingerprint density at radius 2 is 1.24 bits per heavy atom. The molecule has 0 unspecified atom stereocenters. The maximum atomic E-state index is 13.1. The number of aliphatic hydroxyl groups excluding tert-OH is 4. The molecule has 0 aromatic heterocycles. The number of hydrogen-bond donors (Lipinski definition) is 13. The molecule has 13 N–H and O–H groups in total. The van der Waals surface area contributed by atoms with Crippen molar-refractivity contribution in [2.75, 3.05) is 13.2 Å². The first-order valence-corrected chi connectivity index (χ1v) is 16.6. The summed E-state index contributed by atoms with van der Waals surface area (Å²) in [6, 6.07) is -3.24. The summed E-state index contributed by atoms with van der Waals surface area (Å²) in [6.45, 7) is 2.91. The quantitative estimate of drug-likeness (QED) is 0.0661. The Kier molecular flexibility index (Phi) is 17.2. The third-order valence-corrected chi connectivity index (χ3v) is 7.99. The molecule has 1 heterocycles. The molecule has 300 valence electrons. The molecule has 22 heteroatoms. The molecule has 1 aliphatic rings. The van der Waals surface area contributed by atoms with Crippen molar-refractivity contribution in [1.29, 1.82) is 0 Å². The number of rotatable bonds is 18. The average molecular weight is 770 g/mol. The van der Waals surface area contributed by atoms with Crippen LogP contribution in [-0.2, 0) is 49.5 Å². The normalized spacial score (nSPS) is 22.1. The molecular formula is C32H47N7O15. The van der Waals surface area contributed by atoms with Crippen molar-refractivity contribution in [1.82, 2.24) is 37.2 Å². The first kappa shape index (κ1) is 44.7. The minimum Gasteiger partial charge on any atom is -0.508 e. The molecule has 54 heavy (non-hydrogen) atoms. The molecule has 1 aromatic rings. The van der Waals surface area contributed by atoms with Crippen LogP contribution in [0.3, 0.4) is 0 Å². The first-order chi connectivity index (χ1) is 25.3. The number of phenols is 1. The molecule has 2 rings (SSSR count). The molecule has 1 fully saturated rings. The smallest absolute Gasteiger partial charge is 0.328 e. The zero-order valence-electron chi connectivity index (χ0n) is 29.8. The van der Waals surface area contributed by atoms with Gasteiger partial charge in [0.05, 0.1) is 19.6 Å². The van der Waals surface area contributed by atoms with Gasteiger partial charge in [-0.25, -0.2) is 4.79 Å². The third kappa shape index (κ3) is 13.5. The number of hydrogen-bond acceptors (Lipinski definition) is 14. The van der Waals surface area contributed by atoms with Crippen molar-refractivity contribution >= 4 is 47.3 Å². The first-order valence-electron chi connectivity index (χ1n) is 16.6. The van der Waals surface area contributed by atoms with Crippen molar-refractivity contribution in [3.05, 3.63) is 29.8 Å². The molecule has 1 aliphatic heterocycles. The van der Waals surface area contributed by atoms with Gasteiger partial charge in [-0.2, -0.15) is 0 Å². The van der Waals surface area contributed by atoms with Crippen LogP contribution in [0.5, 0.6) is 5.75 Å². The van der Waals surface area contributed by atoms with Crippen LogP contribution in [0, 0.1) is 0 Å². The second-order valence-corrected chi connectivity index (χ2v) is 12.5. The van der Waals surface area contributed by atoms with E-state index in [4.69, 9.17) is 4.74 Å². The lowest BCUT2D eigenvalue weighted by molar-refractivity contribution is -0.203. The number of aliphatic hydroxyl groups is 4. The molecule has 7 amide bonds. The molecule has 0 bridgehead atoms. The number of carbonyl (C=O) groups excluding carboxylic acids is 7. The van der Waals surface area contributed by atoms with Crippen molar-refractivity contribution < 1.29 is 73.7 Å². The van der Waals surface area contributed by atoms with E-state index in [1.165, 1.54) is 38.1 Å². The number of ether oxygens (including phenoxy) is 1. The van der Waals surface area contributed by atoms with Gasteiger partial charge >= 0.3 is 5.97 Å². The van der Waals surface area contributed by atoms with E-state index in [-0.39, 0.29) is 12.2 Å². The summed E-state index contributed by atoms with van der Waals surface area (Å²) in [7, 11) is 0. The third-order valence-electron chi connectivity index (χ3n) is 7.99. The number of carbonyl (C=O) groups is 8. The molecule has 22 nitrogen and oxygen atoms in total. The van der Waals surface area contributed by atoms with Gasteiger partial charge in [0.1, 0.15) is 60.3 Å². The van der Waals surface area contributed by atoms with Crippen LogP contribution in [0.25, 0.3) is 0 Å². The fourth-order valence-electron chi connectivity index (χ4n) is 5.11. The lowest BCUT2D eigenvalue weighted by atomic mass is 9.95. The maximum Gasteiger partial charge on any atom is 0.328 e. The standard InChI is InChI=1S/C32H47N7O15/c1-13(27(48)33-14(2)28(49)37-19(9-17-5-7-18(44)8-6-17)30(51)38-21(11-40)32(52)53)34-29(50)20(35-15(3)42)10-23(45)39-31-24(36-16(4)43)26(47)25(46)22(12-41)54-31/h5-8,13-14,19-22,24-26,31,40-41,44,46-47H,9-12H2,1-4H3,(H,33,48)(H,34,50)(H,35,42)(H,36,43)(H,37,49)(H,38,51)(H,39,45)(H,52,53)/t13-,14-,19-,20-,21-,22+,24+,25+,26+,31+/m0/s1. The van der Waals surface area contributed by atoms with Crippen molar-refractivity contribution in [3.8, 4) is 5.75 Å². The van der Waals surface area contributed by atoms with Crippen LogP contribution in [0.1, 0.15) is 39.7 Å². The van der Waals surface area contributed by atoms with Crippen LogP contribution in [-0.4, -0.2) is 152 Å². The van der Waals surface area contributed by atoms with E-state index in [2.05, 4.69) is 37.2 Å². The number of carboxylic acids is 1. The van der Waals surface area contributed by atoms with E-state index in [9.17, 15) is 69.0 Å². The summed E-state index contributed by atoms with van der Waals surface area (Å²) in [4.78, 5) is 100. The Morgan fingerprint density at radius 3 is 1.76 bits per heavy atom. The van der Waals surface area contributed by atoms with Crippen molar-refractivity contribution in [2.24, 2.45) is 0 Å². The van der Waals surface area contributed by atoms with E-state index >= 15 is 0 Å². The maximum absolute atomic E-state index is 13.1. The van der Waals surface area contributed by atoms with Gasteiger partial charge < -0.3 is 72.6 Å². The summed E-state index contributed by atoms with van der Waals surface area (Å²) >= 11 is 0. The second kappa shape index (κ2) is 20.7. The monoisotopic (exact) mass is 769 g/mol. The minimum atomic E-state index is -1.69. The van der Waals surface area contributed by atoms with E-state index < -0.39 is 128 Å². The highest BCUT2D eigenvalue weighted by molar-refractivity contribution is 5.97. The lowest BCUT2D eigenvalue weighted by Crippen LogP contribution is -2.68. The highest BCUT2D eigenvalue weighted by atomic mass is 16.5. The number of nitrogens with one attached hydrogen (secondary N) is 7. The zero-order chi connectivity index (χ0) is 40.9. The number of benzene rings is 1.